The summed E-state index contributed by atoms with van der Waals surface area (Å²) in [6.45, 7) is -1.75. The third kappa shape index (κ3) is 6.20. The molecule has 2 aromatic rings. The number of alkyl halides is 5. The second-order valence-corrected chi connectivity index (χ2v) is 7.32. The number of amides is 1. The number of carboxylic acids is 1. The van der Waals surface area contributed by atoms with Gasteiger partial charge in [-0.05, 0) is 17.7 Å². The van der Waals surface area contributed by atoms with Gasteiger partial charge >= 0.3 is 12.3 Å². The number of aromatic carboxylic acids is 1. The highest BCUT2D eigenvalue weighted by Gasteiger charge is 2.49. The second kappa shape index (κ2) is 9.08. The lowest BCUT2D eigenvalue weighted by molar-refractivity contribution is -0.274. The number of carbonyl (C=O) groups is 2. The summed E-state index contributed by atoms with van der Waals surface area (Å²) in [5.74, 6) is -7.43. The second-order valence-electron chi connectivity index (χ2n) is 7.32. The molecule has 1 aliphatic heterocycles. The highest BCUT2D eigenvalue weighted by atomic mass is 19.4. The van der Waals surface area contributed by atoms with Crippen molar-refractivity contribution in [2.45, 2.75) is 18.7 Å². The van der Waals surface area contributed by atoms with Crippen LogP contribution in [0.4, 0.5) is 27.8 Å². The van der Waals surface area contributed by atoms with Gasteiger partial charge in [-0.2, -0.15) is 0 Å². The highest BCUT2D eigenvalue weighted by molar-refractivity contribution is 5.88. The summed E-state index contributed by atoms with van der Waals surface area (Å²) in [4.78, 5) is 28.1. The van der Waals surface area contributed by atoms with Gasteiger partial charge in [-0.25, -0.2) is 18.6 Å². The Morgan fingerprint density at radius 3 is 2.52 bits per heavy atom. The number of hydrogen-bond donors (Lipinski definition) is 2. The van der Waals surface area contributed by atoms with Crippen LogP contribution in [0.3, 0.4) is 0 Å². The number of nitrogens with zero attached hydrogens (tertiary/aromatic N) is 2. The smallest absolute Gasteiger partial charge is 0.489 e. The van der Waals surface area contributed by atoms with Gasteiger partial charge in [0.1, 0.15) is 5.75 Å². The zero-order chi connectivity index (χ0) is 24.4. The molecule has 1 unspecified atom stereocenters. The number of nitrogen functional groups attached to an aromatic ring is 1. The van der Waals surface area contributed by atoms with Crippen LogP contribution >= 0.6 is 0 Å². The molecule has 2 heterocycles. The van der Waals surface area contributed by atoms with Gasteiger partial charge in [-0.3, -0.25) is 4.79 Å². The average Bonchev–Trinajstić information content (AvgIpc) is 3.02. The van der Waals surface area contributed by atoms with Gasteiger partial charge in [0.2, 0.25) is 5.91 Å². The van der Waals surface area contributed by atoms with Crippen LogP contribution in [0.1, 0.15) is 15.9 Å². The molecular weight excluding hydrogens is 457 g/mol. The van der Waals surface area contributed by atoms with E-state index in [4.69, 9.17) is 15.6 Å². The van der Waals surface area contributed by atoms with Crippen LogP contribution < -0.4 is 15.2 Å². The number of hydrogen-bond acceptors (Lipinski definition) is 6. The molecule has 0 saturated carbocycles. The van der Waals surface area contributed by atoms with Crippen LogP contribution in [0, 0.1) is 5.92 Å². The molecule has 3 N–H and O–H groups in total. The summed E-state index contributed by atoms with van der Waals surface area (Å²) < 4.78 is 74.5. The minimum Gasteiger partial charge on any atom is -0.489 e. The lowest BCUT2D eigenvalue weighted by Crippen LogP contribution is -2.33. The number of benzene rings is 1. The van der Waals surface area contributed by atoms with E-state index in [0.29, 0.717) is 5.56 Å². The Morgan fingerprint density at radius 1 is 1.24 bits per heavy atom. The number of ether oxygens (including phenoxy) is 2. The van der Waals surface area contributed by atoms with Gasteiger partial charge in [-0.15, -0.1) is 13.2 Å². The molecule has 178 valence electrons. The molecule has 1 aliphatic rings. The van der Waals surface area contributed by atoms with E-state index in [-0.39, 0.29) is 30.1 Å². The number of aromatic nitrogens is 1. The zero-order valence-corrected chi connectivity index (χ0v) is 16.8. The Labute approximate surface area is 183 Å². The molecule has 1 atom stereocenters. The Kier molecular flexibility index (Phi) is 6.60. The van der Waals surface area contributed by atoms with Crippen molar-refractivity contribution in [3.8, 4) is 11.5 Å². The van der Waals surface area contributed by atoms with Gasteiger partial charge in [0.15, 0.2) is 11.6 Å². The molecule has 1 fully saturated rings. The maximum Gasteiger partial charge on any atom is 0.573 e. The first-order chi connectivity index (χ1) is 15.3. The summed E-state index contributed by atoms with van der Waals surface area (Å²) in [7, 11) is 0. The molecule has 1 saturated heterocycles. The maximum atomic E-state index is 14.4. The number of pyridine rings is 1. The van der Waals surface area contributed by atoms with E-state index in [9.17, 15) is 31.5 Å². The van der Waals surface area contributed by atoms with Gasteiger partial charge in [0, 0.05) is 18.8 Å². The minimum atomic E-state index is -4.86. The van der Waals surface area contributed by atoms with Crippen LogP contribution in [-0.2, 0) is 11.2 Å². The van der Waals surface area contributed by atoms with E-state index < -0.39 is 49.0 Å². The third-order valence-electron chi connectivity index (χ3n) is 4.87. The van der Waals surface area contributed by atoms with E-state index in [0.717, 1.165) is 29.3 Å². The lowest BCUT2D eigenvalue weighted by atomic mass is 10.1. The Morgan fingerprint density at radius 2 is 1.91 bits per heavy atom. The first-order valence-electron chi connectivity index (χ1n) is 9.46. The molecule has 1 amide bonds. The standard InChI is InChI=1S/C20H18F5N3O5/c21-19(22)10-28(16(29)5-11-1-3-14(4-2-11)33-20(23,24)25)8-13(19)9-32-15-6-12(18(30)31)7-27-17(15)26/h1-4,6-7,13H,5,8-10H2,(H2,26,27)(H,30,31). The van der Waals surface area contributed by atoms with Crippen molar-refractivity contribution in [1.29, 1.82) is 0 Å². The quantitative estimate of drug-likeness (QED) is 0.592. The van der Waals surface area contributed by atoms with Crippen LogP contribution in [0.5, 0.6) is 11.5 Å². The molecule has 33 heavy (non-hydrogen) atoms. The number of rotatable bonds is 7. The zero-order valence-electron chi connectivity index (χ0n) is 16.8. The summed E-state index contributed by atoms with van der Waals surface area (Å²) in [5.41, 5.74) is 5.68. The van der Waals surface area contributed by atoms with E-state index >= 15 is 0 Å². The van der Waals surface area contributed by atoms with Crippen molar-refractivity contribution >= 4 is 17.7 Å². The summed E-state index contributed by atoms with van der Waals surface area (Å²) in [5, 5.41) is 8.99. The predicted molar refractivity (Wildman–Crippen MR) is 103 cm³/mol. The van der Waals surface area contributed by atoms with Crippen LogP contribution in [0.15, 0.2) is 36.5 Å². The topological polar surface area (TPSA) is 115 Å². The van der Waals surface area contributed by atoms with Crippen molar-refractivity contribution in [1.82, 2.24) is 9.88 Å². The van der Waals surface area contributed by atoms with Crippen molar-refractivity contribution in [2.24, 2.45) is 5.92 Å². The molecular formula is C20H18F5N3O5. The van der Waals surface area contributed by atoms with E-state index in [1.807, 2.05) is 0 Å². The lowest BCUT2D eigenvalue weighted by Gasteiger charge is -2.18. The molecule has 0 spiro atoms. The molecule has 0 aliphatic carbocycles. The normalized spacial score (nSPS) is 17.6. The molecule has 1 aromatic heterocycles. The number of anilines is 1. The maximum absolute atomic E-state index is 14.4. The fraction of sp³-hybridized carbons (Fsp3) is 0.350. The summed E-state index contributed by atoms with van der Waals surface area (Å²) in [6.07, 6.45) is -4.16. The largest absolute Gasteiger partial charge is 0.573 e. The monoisotopic (exact) mass is 475 g/mol. The first-order valence-corrected chi connectivity index (χ1v) is 9.46. The highest BCUT2D eigenvalue weighted by Crippen LogP contribution is 2.34. The van der Waals surface area contributed by atoms with Crippen LogP contribution in [-0.4, -0.2) is 58.8 Å². The van der Waals surface area contributed by atoms with Crippen LogP contribution in [0.25, 0.3) is 0 Å². The molecule has 0 radical (unpaired) electrons. The average molecular weight is 475 g/mol. The molecule has 13 heteroatoms. The third-order valence-corrected chi connectivity index (χ3v) is 4.87. The SMILES string of the molecule is Nc1ncc(C(=O)O)cc1OCC1CN(C(=O)Cc2ccc(OC(F)(F)F)cc2)CC1(F)F. The van der Waals surface area contributed by atoms with E-state index in [2.05, 4.69) is 9.72 Å². The van der Waals surface area contributed by atoms with Gasteiger partial charge < -0.3 is 25.2 Å². The number of halogens is 5. The van der Waals surface area contributed by atoms with Crippen LogP contribution in [0.2, 0.25) is 0 Å². The Balaban J connectivity index is 1.60. The van der Waals surface area contributed by atoms with Gasteiger partial charge in [-0.1, -0.05) is 12.1 Å². The first kappa shape index (κ1) is 24.0. The van der Waals surface area contributed by atoms with Crippen molar-refractivity contribution < 1.29 is 46.1 Å². The number of carboxylic acid groups (broad SMARTS) is 1. The molecule has 0 bridgehead atoms. The summed E-state index contributed by atoms with van der Waals surface area (Å²) in [6, 6.07) is 5.58. The summed E-state index contributed by atoms with van der Waals surface area (Å²) >= 11 is 0. The molecule has 3 rings (SSSR count). The van der Waals surface area contributed by atoms with Gasteiger partial charge in [0.05, 0.1) is 31.1 Å². The number of carbonyl (C=O) groups excluding carboxylic acids is 1. The Hall–Kier alpha value is -3.64. The fourth-order valence-corrected chi connectivity index (χ4v) is 3.19. The molecule has 8 nitrogen and oxygen atoms in total. The number of nitrogens with two attached hydrogens (primary N) is 1. The minimum absolute atomic E-state index is 0.170. The predicted octanol–water partition coefficient (Wildman–Crippen LogP) is 2.98. The number of likely N-dealkylation sites (tertiary alicyclic amines) is 1. The van der Waals surface area contributed by atoms with Gasteiger partial charge in [0.25, 0.3) is 5.92 Å². The van der Waals surface area contributed by atoms with Crippen molar-refractivity contribution in [2.75, 3.05) is 25.4 Å². The van der Waals surface area contributed by atoms with Crippen molar-refractivity contribution in [3.05, 3.63) is 47.7 Å². The fourth-order valence-electron chi connectivity index (χ4n) is 3.19. The van der Waals surface area contributed by atoms with E-state index in [1.54, 1.807) is 0 Å². The Bertz CT molecular complexity index is 1030. The molecule has 1 aromatic carbocycles. The van der Waals surface area contributed by atoms with Crippen molar-refractivity contribution in [3.63, 3.8) is 0 Å². The van der Waals surface area contributed by atoms with E-state index in [1.165, 1.54) is 12.1 Å².